The fourth-order valence-corrected chi connectivity index (χ4v) is 6.45. The smallest absolute Gasteiger partial charge is 0.388 e. The molecule has 0 radical (unpaired) electrons. The zero-order valence-corrected chi connectivity index (χ0v) is 26.7. The number of para-hydroxylation sites is 1. The number of benzene rings is 3. The summed E-state index contributed by atoms with van der Waals surface area (Å²) in [6.07, 6.45) is 2.76. The highest BCUT2D eigenvalue weighted by molar-refractivity contribution is 7.84. The van der Waals surface area contributed by atoms with Crippen molar-refractivity contribution < 1.29 is 36.8 Å². The van der Waals surface area contributed by atoms with Crippen molar-refractivity contribution in [1.29, 1.82) is 0 Å². The number of nitrogens with zero attached hydrogens (tertiary/aromatic N) is 4. The molecule has 13 heteroatoms. The molecular formula is C33H36N4O8S. The summed E-state index contributed by atoms with van der Waals surface area (Å²) >= 11 is 0. The van der Waals surface area contributed by atoms with Gasteiger partial charge in [0, 0.05) is 38.0 Å². The van der Waals surface area contributed by atoms with Gasteiger partial charge in [0.05, 0.1) is 30.7 Å². The van der Waals surface area contributed by atoms with Crippen molar-refractivity contribution in [3.63, 3.8) is 0 Å². The van der Waals surface area contributed by atoms with E-state index in [0.717, 1.165) is 43.9 Å². The van der Waals surface area contributed by atoms with Crippen LogP contribution >= 0.6 is 0 Å². The number of fused-ring (bicyclic) bond motifs is 1. The molecule has 1 N–H and O–H groups in total. The van der Waals surface area contributed by atoms with Gasteiger partial charge in [0.15, 0.2) is 6.29 Å². The lowest BCUT2D eigenvalue weighted by atomic mass is 9.84. The van der Waals surface area contributed by atoms with E-state index in [0.29, 0.717) is 36.4 Å². The van der Waals surface area contributed by atoms with E-state index in [1.54, 1.807) is 29.8 Å². The highest BCUT2D eigenvalue weighted by Crippen LogP contribution is 2.35. The Morgan fingerprint density at radius 2 is 1.96 bits per heavy atom. The summed E-state index contributed by atoms with van der Waals surface area (Å²) in [7, 11) is -4.15. The third-order valence-corrected chi connectivity index (χ3v) is 9.24. The van der Waals surface area contributed by atoms with E-state index in [1.165, 1.54) is 6.08 Å². The minimum absolute atomic E-state index is 0.0225. The monoisotopic (exact) mass is 648 g/mol. The molecule has 1 unspecified atom stereocenters. The molecule has 3 aromatic carbocycles. The van der Waals surface area contributed by atoms with Gasteiger partial charge < -0.3 is 18.8 Å². The van der Waals surface area contributed by atoms with Crippen LogP contribution in [0.25, 0.3) is 11.0 Å². The Morgan fingerprint density at radius 1 is 1.15 bits per heavy atom. The van der Waals surface area contributed by atoms with Gasteiger partial charge in [-0.2, -0.15) is 12.7 Å². The molecule has 0 bridgehead atoms. The van der Waals surface area contributed by atoms with E-state index < -0.39 is 22.2 Å². The number of aliphatic hydroxyl groups is 1. The van der Waals surface area contributed by atoms with E-state index in [-0.39, 0.29) is 32.1 Å². The van der Waals surface area contributed by atoms with Gasteiger partial charge in [-0.3, -0.25) is 9.59 Å². The van der Waals surface area contributed by atoms with E-state index in [2.05, 4.69) is 14.5 Å². The zero-order valence-electron chi connectivity index (χ0n) is 25.9. The number of aldehydes is 1. The SMILES string of the molecule is CCOC(=O)CC(c1ccc(C)c(CN2CC=C(O)OS2(=O)=O)c1)c1ccc2c(nnn2CCCOc2ccccc2C=O)c1C. The Hall–Kier alpha value is -4.75. The minimum atomic E-state index is -4.15. The summed E-state index contributed by atoms with van der Waals surface area (Å²) < 4.78 is 43.8. The Bertz CT molecular complexity index is 1890. The van der Waals surface area contributed by atoms with Crippen LogP contribution in [0, 0.1) is 13.8 Å². The third kappa shape index (κ3) is 7.21. The van der Waals surface area contributed by atoms with Crippen molar-refractivity contribution in [3.05, 3.63) is 100.0 Å². The molecule has 2 heterocycles. The van der Waals surface area contributed by atoms with Crippen LogP contribution in [0.4, 0.5) is 0 Å². The number of hydrogen-bond acceptors (Lipinski definition) is 10. The molecule has 12 nitrogen and oxygen atoms in total. The molecule has 0 saturated carbocycles. The first-order valence-electron chi connectivity index (χ1n) is 14.9. The summed E-state index contributed by atoms with van der Waals surface area (Å²) in [4.78, 5) is 24.1. The summed E-state index contributed by atoms with van der Waals surface area (Å²) in [5, 5.41) is 18.4. The second-order valence-corrected chi connectivity index (χ2v) is 12.5. The number of aryl methyl sites for hydroxylation is 3. The summed E-state index contributed by atoms with van der Waals surface area (Å²) in [5.74, 6) is -0.873. The van der Waals surface area contributed by atoms with Crippen LogP contribution in [0.3, 0.4) is 0 Å². The zero-order chi connectivity index (χ0) is 32.8. The molecule has 4 aromatic rings. The van der Waals surface area contributed by atoms with Crippen LogP contribution in [0.15, 0.2) is 66.6 Å². The summed E-state index contributed by atoms with van der Waals surface area (Å²) in [6, 6.07) is 16.7. The van der Waals surface area contributed by atoms with E-state index in [1.807, 2.05) is 50.2 Å². The Morgan fingerprint density at radius 3 is 2.72 bits per heavy atom. The number of aromatic nitrogens is 3. The molecular weight excluding hydrogens is 612 g/mol. The van der Waals surface area contributed by atoms with E-state index in [4.69, 9.17) is 9.47 Å². The number of carbonyl (C=O) groups excluding carboxylic acids is 2. The van der Waals surface area contributed by atoms with Crippen LogP contribution < -0.4 is 4.74 Å². The van der Waals surface area contributed by atoms with Gasteiger partial charge in [-0.15, -0.1) is 5.10 Å². The normalized spacial score (nSPS) is 15.2. The highest BCUT2D eigenvalue weighted by atomic mass is 32.2. The maximum Gasteiger partial charge on any atom is 0.388 e. The molecule has 1 atom stereocenters. The molecule has 0 amide bonds. The number of aliphatic hydroxyl groups excluding tert-OH is 1. The molecule has 1 aliphatic heterocycles. The molecule has 0 fully saturated rings. The average molecular weight is 649 g/mol. The van der Waals surface area contributed by atoms with Gasteiger partial charge >= 0.3 is 16.3 Å². The Labute approximate surface area is 267 Å². The van der Waals surface area contributed by atoms with Crippen molar-refractivity contribution in [3.8, 4) is 5.75 Å². The number of esters is 1. The van der Waals surface area contributed by atoms with Crippen LogP contribution in [-0.2, 0) is 37.1 Å². The summed E-state index contributed by atoms with van der Waals surface area (Å²) in [5.41, 5.74) is 6.18. The molecule has 0 spiro atoms. The Balaban J connectivity index is 1.40. The Kier molecular flexibility index (Phi) is 10.0. The molecule has 0 saturated heterocycles. The standard InChI is InChI=1S/C33H36N4O8S/c1-4-43-32(40)19-28(24-11-10-22(2)26(18-24)20-36-16-14-31(39)45-46(36,41)42)27-12-13-29-33(23(27)3)34-35-37(29)15-7-17-44-30-9-6-5-8-25(30)21-38/h5-6,8-14,18,21,28,39H,4,7,15-17,19-20H2,1-3H3. The first-order valence-corrected chi connectivity index (χ1v) is 16.3. The van der Waals surface area contributed by atoms with E-state index in [9.17, 15) is 23.1 Å². The van der Waals surface area contributed by atoms with Crippen molar-refractivity contribution >= 4 is 33.6 Å². The van der Waals surface area contributed by atoms with Crippen LogP contribution in [0.1, 0.15) is 63.9 Å². The number of rotatable bonds is 13. The maximum absolute atomic E-state index is 12.8. The van der Waals surface area contributed by atoms with Crippen molar-refractivity contribution in [2.24, 2.45) is 0 Å². The average Bonchev–Trinajstić information content (AvgIpc) is 3.44. The van der Waals surface area contributed by atoms with Gasteiger partial charge in [0.25, 0.3) is 5.95 Å². The molecule has 0 aliphatic carbocycles. The molecule has 1 aliphatic rings. The largest absolute Gasteiger partial charge is 0.493 e. The fourth-order valence-electron chi connectivity index (χ4n) is 5.50. The minimum Gasteiger partial charge on any atom is -0.493 e. The van der Waals surface area contributed by atoms with Crippen LogP contribution in [-0.4, -0.2) is 64.8 Å². The number of carbonyl (C=O) groups is 2. The van der Waals surface area contributed by atoms with Gasteiger partial charge in [0.1, 0.15) is 11.3 Å². The summed E-state index contributed by atoms with van der Waals surface area (Å²) in [6.45, 7) is 6.75. The number of ether oxygens (including phenoxy) is 2. The van der Waals surface area contributed by atoms with Crippen molar-refractivity contribution in [1.82, 2.24) is 19.3 Å². The first kappa shape index (κ1) is 32.6. The number of hydrogen-bond donors (Lipinski definition) is 1. The lowest BCUT2D eigenvalue weighted by molar-refractivity contribution is -0.143. The third-order valence-electron chi connectivity index (χ3n) is 7.95. The lowest BCUT2D eigenvalue weighted by Gasteiger charge is -2.25. The molecule has 242 valence electrons. The fraction of sp³-hybridized carbons (Fsp3) is 0.333. The quantitative estimate of drug-likeness (QED) is 0.121. The lowest BCUT2D eigenvalue weighted by Crippen LogP contribution is -2.35. The second kappa shape index (κ2) is 14.1. The van der Waals surface area contributed by atoms with E-state index >= 15 is 0 Å². The second-order valence-electron chi connectivity index (χ2n) is 10.9. The van der Waals surface area contributed by atoms with Gasteiger partial charge in [0.2, 0.25) is 0 Å². The highest BCUT2D eigenvalue weighted by Gasteiger charge is 2.30. The van der Waals surface area contributed by atoms with Gasteiger partial charge in [-0.1, -0.05) is 41.6 Å². The molecule has 5 rings (SSSR count). The van der Waals surface area contributed by atoms with Crippen LogP contribution in [0.5, 0.6) is 5.75 Å². The predicted octanol–water partition coefficient (Wildman–Crippen LogP) is 4.89. The molecule has 1 aromatic heterocycles. The topological polar surface area (TPSA) is 150 Å². The molecule has 46 heavy (non-hydrogen) atoms. The maximum atomic E-state index is 12.8. The van der Waals surface area contributed by atoms with Gasteiger partial charge in [-0.25, -0.2) is 4.68 Å². The van der Waals surface area contributed by atoms with Crippen molar-refractivity contribution in [2.75, 3.05) is 19.8 Å². The van der Waals surface area contributed by atoms with Gasteiger partial charge in [-0.05, 0) is 66.8 Å². The van der Waals surface area contributed by atoms with Crippen LogP contribution in [0.2, 0.25) is 0 Å². The first-order chi connectivity index (χ1) is 22.1. The van der Waals surface area contributed by atoms with Crippen molar-refractivity contribution in [2.45, 2.75) is 52.6 Å². The predicted molar refractivity (Wildman–Crippen MR) is 170 cm³/mol.